The second-order valence-corrected chi connectivity index (χ2v) is 4.49. The Kier molecular flexibility index (Phi) is 5.28. The van der Waals surface area contributed by atoms with Crippen LogP contribution < -0.4 is 11.1 Å². The van der Waals surface area contributed by atoms with Gasteiger partial charge < -0.3 is 11.1 Å². The van der Waals surface area contributed by atoms with Crippen LogP contribution in [0, 0.1) is 5.82 Å². The first kappa shape index (κ1) is 14.6. The highest BCUT2D eigenvalue weighted by atomic mass is 19.1. The standard InChI is InChI=1S/C14H21FN2O/c1-3-9-17-14(4-2,10-13(16)18)11-7-5-6-8-12(11)15/h5-8,17H,3-4,9-10H2,1-2H3,(H2,16,18). The number of nitrogens with two attached hydrogens (primary N) is 1. The molecule has 0 spiro atoms. The van der Waals surface area contributed by atoms with Gasteiger partial charge in [0, 0.05) is 12.0 Å². The monoisotopic (exact) mass is 252 g/mol. The lowest BCUT2D eigenvalue weighted by Crippen LogP contribution is -2.46. The lowest BCUT2D eigenvalue weighted by molar-refractivity contribution is -0.119. The minimum atomic E-state index is -0.701. The molecule has 0 aliphatic heterocycles. The van der Waals surface area contributed by atoms with Crippen molar-refractivity contribution in [2.45, 2.75) is 38.6 Å². The van der Waals surface area contributed by atoms with E-state index in [0.29, 0.717) is 12.0 Å². The normalized spacial score (nSPS) is 14.2. The Morgan fingerprint density at radius 1 is 1.39 bits per heavy atom. The fourth-order valence-electron chi connectivity index (χ4n) is 2.20. The number of primary amides is 1. The van der Waals surface area contributed by atoms with E-state index in [2.05, 4.69) is 5.32 Å². The fraction of sp³-hybridized carbons (Fsp3) is 0.500. The minimum Gasteiger partial charge on any atom is -0.370 e. The highest BCUT2D eigenvalue weighted by Crippen LogP contribution is 2.30. The number of benzene rings is 1. The highest BCUT2D eigenvalue weighted by molar-refractivity contribution is 5.75. The van der Waals surface area contributed by atoms with Crippen molar-refractivity contribution in [3.8, 4) is 0 Å². The molecule has 0 radical (unpaired) electrons. The molecular weight excluding hydrogens is 231 g/mol. The molecule has 1 aromatic carbocycles. The third-order valence-electron chi connectivity index (χ3n) is 3.18. The molecule has 1 rings (SSSR count). The fourth-order valence-corrected chi connectivity index (χ4v) is 2.20. The van der Waals surface area contributed by atoms with Crippen LogP contribution in [-0.2, 0) is 10.3 Å². The van der Waals surface area contributed by atoms with Crippen LogP contribution in [0.2, 0.25) is 0 Å². The quantitative estimate of drug-likeness (QED) is 0.782. The SMILES string of the molecule is CCCNC(CC)(CC(N)=O)c1ccccc1F. The maximum absolute atomic E-state index is 14.0. The summed E-state index contributed by atoms with van der Waals surface area (Å²) in [5.41, 5.74) is 5.12. The molecule has 18 heavy (non-hydrogen) atoms. The highest BCUT2D eigenvalue weighted by Gasteiger charge is 2.33. The summed E-state index contributed by atoms with van der Waals surface area (Å²) in [6.07, 6.45) is 1.62. The van der Waals surface area contributed by atoms with Crippen molar-refractivity contribution < 1.29 is 9.18 Å². The van der Waals surface area contributed by atoms with E-state index >= 15 is 0 Å². The molecule has 0 bridgehead atoms. The smallest absolute Gasteiger partial charge is 0.219 e. The van der Waals surface area contributed by atoms with Crippen molar-refractivity contribution in [1.82, 2.24) is 5.32 Å². The molecule has 0 heterocycles. The van der Waals surface area contributed by atoms with Gasteiger partial charge in [0.15, 0.2) is 0 Å². The van der Waals surface area contributed by atoms with Gasteiger partial charge in [-0.1, -0.05) is 32.0 Å². The van der Waals surface area contributed by atoms with E-state index < -0.39 is 11.4 Å². The van der Waals surface area contributed by atoms with Gasteiger partial charge in [0.05, 0.1) is 5.54 Å². The summed E-state index contributed by atoms with van der Waals surface area (Å²) in [6.45, 7) is 4.67. The molecule has 0 saturated heterocycles. The minimum absolute atomic E-state index is 0.102. The van der Waals surface area contributed by atoms with Gasteiger partial charge in [-0.3, -0.25) is 4.79 Å². The number of amides is 1. The molecule has 1 aromatic rings. The summed E-state index contributed by atoms with van der Waals surface area (Å²) >= 11 is 0. The van der Waals surface area contributed by atoms with E-state index in [0.717, 1.165) is 13.0 Å². The predicted molar refractivity (Wildman–Crippen MR) is 70.5 cm³/mol. The number of halogens is 1. The summed E-state index contributed by atoms with van der Waals surface area (Å²) in [6, 6.07) is 6.54. The number of hydrogen-bond donors (Lipinski definition) is 2. The van der Waals surface area contributed by atoms with Gasteiger partial charge >= 0.3 is 0 Å². The Balaban J connectivity index is 3.16. The van der Waals surface area contributed by atoms with Gasteiger partial charge in [-0.15, -0.1) is 0 Å². The van der Waals surface area contributed by atoms with Crippen molar-refractivity contribution >= 4 is 5.91 Å². The Morgan fingerprint density at radius 2 is 2.06 bits per heavy atom. The maximum Gasteiger partial charge on any atom is 0.219 e. The molecule has 0 aliphatic rings. The number of carbonyl (C=O) groups is 1. The number of carbonyl (C=O) groups excluding carboxylic acids is 1. The van der Waals surface area contributed by atoms with Crippen LogP contribution >= 0.6 is 0 Å². The summed E-state index contributed by atoms with van der Waals surface area (Å²) in [7, 11) is 0. The molecule has 4 heteroatoms. The van der Waals surface area contributed by atoms with E-state index in [1.54, 1.807) is 18.2 Å². The van der Waals surface area contributed by atoms with Crippen LogP contribution in [0.3, 0.4) is 0 Å². The van der Waals surface area contributed by atoms with Gasteiger partial charge in [-0.2, -0.15) is 0 Å². The van der Waals surface area contributed by atoms with Crippen LogP contribution in [0.5, 0.6) is 0 Å². The Labute approximate surface area is 108 Å². The molecule has 0 fully saturated rings. The maximum atomic E-state index is 14.0. The van der Waals surface area contributed by atoms with E-state index in [1.807, 2.05) is 13.8 Å². The van der Waals surface area contributed by atoms with E-state index in [9.17, 15) is 9.18 Å². The lowest BCUT2D eigenvalue weighted by Gasteiger charge is -2.34. The summed E-state index contributed by atoms with van der Waals surface area (Å²) in [5.74, 6) is -0.729. The van der Waals surface area contributed by atoms with Crippen molar-refractivity contribution in [1.29, 1.82) is 0 Å². The molecule has 0 aromatic heterocycles. The van der Waals surface area contributed by atoms with Crippen LogP contribution in [0.4, 0.5) is 4.39 Å². The molecule has 0 saturated carbocycles. The topological polar surface area (TPSA) is 55.1 Å². The molecule has 100 valence electrons. The van der Waals surface area contributed by atoms with Crippen LogP contribution in [-0.4, -0.2) is 12.5 Å². The van der Waals surface area contributed by atoms with Crippen LogP contribution in [0.15, 0.2) is 24.3 Å². The van der Waals surface area contributed by atoms with Gasteiger partial charge in [0.25, 0.3) is 0 Å². The average Bonchev–Trinajstić information content (AvgIpc) is 2.35. The van der Waals surface area contributed by atoms with Gasteiger partial charge in [-0.25, -0.2) is 4.39 Å². The predicted octanol–water partition coefficient (Wildman–Crippen LogP) is 2.31. The summed E-state index contributed by atoms with van der Waals surface area (Å²) in [4.78, 5) is 11.3. The third kappa shape index (κ3) is 3.29. The first-order valence-corrected chi connectivity index (χ1v) is 6.34. The average molecular weight is 252 g/mol. The van der Waals surface area contributed by atoms with Gasteiger partial charge in [0.1, 0.15) is 5.82 Å². The number of rotatable bonds is 7. The second-order valence-electron chi connectivity index (χ2n) is 4.49. The number of hydrogen-bond acceptors (Lipinski definition) is 2. The zero-order valence-corrected chi connectivity index (χ0v) is 11.0. The van der Waals surface area contributed by atoms with Crippen LogP contribution in [0.25, 0.3) is 0 Å². The van der Waals surface area contributed by atoms with E-state index in [1.165, 1.54) is 6.07 Å². The molecule has 1 amide bonds. The molecular formula is C14H21FN2O. The van der Waals surface area contributed by atoms with E-state index in [-0.39, 0.29) is 12.2 Å². The third-order valence-corrected chi connectivity index (χ3v) is 3.18. The Bertz CT molecular complexity index is 409. The molecule has 3 N–H and O–H groups in total. The summed E-state index contributed by atoms with van der Waals surface area (Å²) < 4.78 is 14.0. The van der Waals surface area contributed by atoms with Crippen molar-refractivity contribution in [2.24, 2.45) is 5.73 Å². The van der Waals surface area contributed by atoms with Crippen LogP contribution in [0.1, 0.15) is 38.7 Å². The van der Waals surface area contributed by atoms with Crippen molar-refractivity contribution in [3.63, 3.8) is 0 Å². The number of nitrogens with one attached hydrogen (secondary N) is 1. The van der Waals surface area contributed by atoms with Gasteiger partial charge in [-0.05, 0) is 25.5 Å². The zero-order valence-electron chi connectivity index (χ0n) is 11.0. The first-order valence-electron chi connectivity index (χ1n) is 6.34. The largest absolute Gasteiger partial charge is 0.370 e. The Morgan fingerprint density at radius 3 is 2.56 bits per heavy atom. The zero-order chi connectivity index (χ0) is 13.6. The van der Waals surface area contributed by atoms with E-state index in [4.69, 9.17) is 5.73 Å². The molecule has 1 atom stereocenters. The van der Waals surface area contributed by atoms with Crippen molar-refractivity contribution in [2.75, 3.05) is 6.54 Å². The van der Waals surface area contributed by atoms with Gasteiger partial charge in [0.2, 0.25) is 5.91 Å². The first-order chi connectivity index (χ1) is 8.55. The molecule has 1 unspecified atom stereocenters. The Hall–Kier alpha value is -1.42. The molecule has 0 aliphatic carbocycles. The second kappa shape index (κ2) is 6.50. The lowest BCUT2D eigenvalue weighted by atomic mass is 9.83. The molecule has 3 nitrogen and oxygen atoms in total. The summed E-state index contributed by atoms with van der Waals surface area (Å²) in [5, 5.41) is 3.28. The van der Waals surface area contributed by atoms with Crippen molar-refractivity contribution in [3.05, 3.63) is 35.6 Å².